The van der Waals surface area contributed by atoms with Crippen LogP contribution >= 0.6 is 0 Å². The molecule has 0 unspecified atom stereocenters. The zero-order valence-electron chi connectivity index (χ0n) is 17.4. The molecule has 0 radical (unpaired) electrons. The Morgan fingerprint density at radius 3 is 2.83 bits per heavy atom. The van der Waals surface area contributed by atoms with Crippen LogP contribution in [0.3, 0.4) is 0 Å². The van der Waals surface area contributed by atoms with Gasteiger partial charge in [-0.25, -0.2) is 9.97 Å². The minimum absolute atomic E-state index is 0.0240. The lowest BCUT2D eigenvalue weighted by Crippen LogP contribution is -2.41. The number of nitrogens with one attached hydrogen (secondary N) is 1. The second-order valence-electron chi connectivity index (χ2n) is 8.87. The highest BCUT2D eigenvalue weighted by atomic mass is 16.5. The highest BCUT2D eigenvalue weighted by molar-refractivity contribution is 5.40. The summed E-state index contributed by atoms with van der Waals surface area (Å²) in [4.78, 5) is 12.3. The van der Waals surface area contributed by atoms with Crippen molar-refractivity contribution in [1.82, 2.24) is 14.9 Å². The van der Waals surface area contributed by atoms with Gasteiger partial charge in [-0.05, 0) is 56.3 Å². The predicted octanol–water partition coefficient (Wildman–Crippen LogP) is 3.29. The lowest BCUT2D eigenvalue weighted by atomic mass is 9.80. The van der Waals surface area contributed by atoms with Gasteiger partial charge in [0, 0.05) is 30.9 Å². The molecule has 1 N–H and O–H groups in total. The first-order chi connectivity index (χ1) is 14.1. The fourth-order valence-electron chi connectivity index (χ4n) is 4.65. The Morgan fingerprint density at radius 1 is 1.24 bits per heavy atom. The molecule has 2 aliphatic heterocycles. The fraction of sp³-hybridized carbons (Fsp3) is 0.565. The summed E-state index contributed by atoms with van der Waals surface area (Å²) in [5.41, 5.74) is 4.75. The molecule has 1 atom stereocenters. The Bertz CT molecular complexity index is 881. The molecule has 1 aromatic carbocycles. The van der Waals surface area contributed by atoms with E-state index >= 15 is 0 Å². The number of nitrogens with zero attached hydrogens (tertiary/aromatic N) is 3. The summed E-state index contributed by atoms with van der Waals surface area (Å²) < 4.78 is 11.3. The molecule has 3 heterocycles. The molecule has 1 aliphatic carbocycles. The Labute approximate surface area is 172 Å². The maximum absolute atomic E-state index is 6.05. The predicted molar refractivity (Wildman–Crippen MR) is 112 cm³/mol. The highest BCUT2D eigenvalue weighted by Crippen LogP contribution is 2.40. The number of aryl methyl sites for hydroxylation is 1. The van der Waals surface area contributed by atoms with Crippen molar-refractivity contribution in [2.45, 2.75) is 44.8 Å². The SMILES string of the molecule is COc1ccc(CN2CC[C@]3(COCc4c(C)nc(NCC5CC5)nc43)C2)cc1. The third-order valence-corrected chi connectivity index (χ3v) is 6.58. The smallest absolute Gasteiger partial charge is 0.223 e. The van der Waals surface area contributed by atoms with Gasteiger partial charge in [0.05, 0.1) is 31.4 Å². The van der Waals surface area contributed by atoms with Crippen LogP contribution in [0.5, 0.6) is 5.75 Å². The molecule has 1 saturated carbocycles. The van der Waals surface area contributed by atoms with Crippen molar-refractivity contribution >= 4 is 5.95 Å². The average Bonchev–Trinajstić information content (AvgIpc) is 3.49. The number of fused-ring (bicyclic) bond motifs is 2. The van der Waals surface area contributed by atoms with Crippen LogP contribution in [0.1, 0.15) is 41.8 Å². The van der Waals surface area contributed by atoms with Crippen molar-refractivity contribution in [3.05, 3.63) is 46.8 Å². The van der Waals surface area contributed by atoms with Crippen LogP contribution in [0, 0.1) is 12.8 Å². The molecule has 1 spiro atoms. The Balaban J connectivity index is 1.35. The molecule has 0 amide bonds. The zero-order valence-corrected chi connectivity index (χ0v) is 17.4. The number of ether oxygens (including phenoxy) is 2. The van der Waals surface area contributed by atoms with Crippen LogP contribution in [0.2, 0.25) is 0 Å². The van der Waals surface area contributed by atoms with Gasteiger partial charge in [-0.2, -0.15) is 0 Å². The molecule has 0 bridgehead atoms. The summed E-state index contributed by atoms with van der Waals surface area (Å²) in [6, 6.07) is 8.38. The summed E-state index contributed by atoms with van der Waals surface area (Å²) in [6.07, 6.45) is 3.73. The first-order valence-corrected chi connectivity index (χ1v) is 10.7. The van der Waals surface area contributed by atoms with Crippen molar-refractivity contribution in [3.8, 4) is 5.75 Å². The van der Waals surface area contributed by atoms with Gasteiger partial charge in [0.1, 0.15) is 5.75 Å². The minimum atomic E-state index is -0.0240. The molecule has 29 heavy (non-hydrogen) atoms. The van der Waals surface area contributed by atoms with Gasteiger partial charge in [-0.1, -0.05) is 12.1 Å². The molecule has 2 aromatic rings. The van der Waals surface area contributed by atoms with Crippen molar-refractivity contribution in [3.63, 3.8) is 0 Å². The largest absolute Gasteiger partial charge is 0.497 e. The van der Waals surface area contributed by atoms with Gasteiger partial charge in [0.15, 0.2) is 0 Å². The summed E-state index contributed by atoms with van der Waals surface area (Å²) in [6.45, 7) is 7.44. The average molecular weight is 395 g/mol. The standard InChI is InChI=1S/C23H30N4O2/c1-16-20-13-29-15-23(21(20)26-22(25-16)24-11-17-3-4-17)9-10-27(14-23)12-18-5-7-19(28-2)8-6-18/h5-8,17H,3-4,9-15H2,1-2H3,(H,24,25,26)/t23-/m1/s1. The maximum atomic E-state index is 6.05. The van der Waals surface area contributed by atoms with E-state index in [9.17, 15) is 0 Å². The molecular formula is C23H30N4O2. The van der Waals surface area contributed by atoms with Crippen LogP contribution in [0.4, 0.5) is 5.95 Å². The molecule has 6 nitrogen and oxygen atoms in total. The van der Waals surface area contributed by atoms with Crippen LogP contribution in [0.25, 0.3) is 0 Å². The number of rotatable bonds is 6. The number of methoxy groups -OCH3 is 1. The second-order valence-corrected chi connectivity index (χ2v) is 8.87. The Hall–Kier alpha value is -2.18. The lowest BCUT2D eigenvalue weighted by Gasteiger charge is -2.35. The van der Waals surface area contributed by atoms with Crippen LogP contribution in [0.15, 0.2) is 24.3 Å². The highest BCUT2D eigenvalue weighted by Gasteiger charge is 2.45. The topological polar surface area (TPSA) is 59.5 Å². The zero-order chi connectivity index (χ0) is 19.8. The van der Waals surface area contributed by atoms with E-state index in [2.05, 4.69) is 29.3 Å². The van der Waals surface area contributed by atoms with Gasteiger partial charge in [0.25, 0.3) is 0 Å². The number of benzene rings is 1. The van der Waals surface area contributed by atoms with Crippen LogP contribution in [-0.2, 0) is 23.3 Å². The fourth-order valence-corrected chi connectivity index (χ4v) is 4.65. The minimum Gasteiger partial charge on any atom is -0.497 e. The first kappa shape index (κ1) is 18.8. The van der Waals surface area contributed by atoms with E-state index in [1.165, 1.54) is 29.7 Å². The summed E-state index contributed by atoms with van der Waals surface area (Å²) in [7, 11) is 1.71. The van der Waals surface area contributed by atoms with E-state index in [0.29, 0.717) is 6.61 Å². The van der Waals surface area contributed by atoms with Gasteiger partial charge >= 0.3 is 0 Å². The quantitative estimate of drug-likeness (QED) is 0.811. The Kier molecular flexibility index (Phi) is 4.92. The van der Waals surface area contributed by atoms with Gasteiger partial charge < -0.3 is 14.8 Å². The summed E-state index contributed by atoms with van der Waals surface area (Å²) in [5.74, 6) is 2.50. The van der Waals surface area contributed by atoms with Crippen molar-refractivity contribution in [2.75, 3.05) is 38.7 Å². The van der Waals surface area contributed by atoms with Crippen molar-refractivity contribution in [2.24, 2.45) is 5.92 Å². The molecule has 6 heteroatoms. The molecule has 1 saturated heterocycles. The first-order valence-electron chi connectivity index (χ1n) is 10.7. The van der Waals surface area contributed by atoms with Crippen molar-refractivity contribution in [1.29, 1.82) is 0 Å². The Morgan fingerprint density at radius 2 is 2.07 bits per heavy atom. The van der Waals surface area contributed by atoms with Crippen LogP contribution in [-0.4, -0.2) is 48.2 Å². The monoisotopic (exact) mass is 394 g/mol. The number of hydrogen-bond acceptors (Lipinski definition) is 6. The van der Waals surface area contributed by atoms with Crippen LogP contribution < -0.4 is 10.1 Å². The number of anilines is 1. The normalized spacial score (nSPS) is 23.9. The van der Waals surface area contributed by atoms with Crippen molar-refractivity contribution < 1.29 is 9.47 Å². The van der Waals surface area contributed by atoms with E-state index in [4.69, 9.17) is 19.4 Å². The lowest BCUT2D eigenvalue weighted by molar-refractivity contribution is 0.0498. The van der Waals surface area contributed by atoms with Gasteiger partial charge in [-0.3, -0.25) is 4.90 Å². The third kappa shape index (κ3) is 3.83. The van der Waals surface area contributed by atoms with E-state index in [-0.39, 0.29) is 5.41 Å². The molecule has 5 rings (SSSR count). The van der Waals surface area contributed by atoms with Gasteiger partial charge in [-0.15, -0.1) is 0 Å². The molecular weight excluding hydrogens is 364 g/mol. The molecule has 1 aromatic heterocycles. The van der Waals surface area contributed by atoms with E-state index < -0.39 is 0 Å². The summed E-state index contributed by atoms with van der Waals surface area (Å²) in [5, 5.41) is 3.48. The van der Waals surface area contributed by atoms with E-state index in [1.54, 1.807) is 7.11 Å². The van der Waals surface area contributed by atoms with E-state index in [1.807, 2.05) is 12.1 Å². The number of likely N-dealkylation sites (tertiary alicyclic amines) is 1. The second kappa shape index (κ2) is 7.58. The van der Waals surface area contributed by atoms with Gasteiger partial charge in [0.2, 0.25) is 5.95 Å². The summed E-state index contributed by atoms with van der Waals surface area (Å²) >= 11 is 0. The number of aromatic nitrogens is 2. The third-order valence-electron chi connectivity index (χ3n) is 6.58. The molecule has 3 aliphatic rings. The molecule has 154 valence electrons. The maximum Gasteiger partial charge on any atom is 0.223 e. The molecule has 2 fully saturated rings. The number of hydrogen-bond donors (Lipinski definition) is 1. The van der Waals surface area contributed by atoms with E-state index in [0.717, 1.165) is 62.5 Å².